The van der Waals surface area contributed by atoms with Gasteiger partial charge in [0.25, 0.3) is 0 Å². The molecule has 3 aliphatic heterocycles. The second kappa shape index (κ2) is 10.5. The maximum absolute atomic E-state index is 13.5. The number of anilines is 1. The van der Waals surface area contributed by atoms with E-state index in [9.17, 15) is 14.4 Å². The van der Waals surface area contributed by atoms with Crippen molar-refractivity contribution in [2.75, 3.05) is 32.2 Å². The molecule has 0 radical (unpaired) electrons. The molecule has 9 nitrogen and oxygen atoms in total. The largest absolute Gasteiger partial charge is 0.466 e. The number of pyridine rings is 1. The van der Waals surface area contributed by atoms with E-state index in [0.29, 0.717) is 31.8 Å². The Bertz CT molecular complexity index is 1410. The van der Waals surface area contributed by atoms with Crippen LogP contribution >= 0.6 is 0 Å². The number of benzene rings is 1. The highest BCUT2D eigenvalue weighted by atomic mass is 16.5. The molecule has 39 heavy (non-hydrogen) atoms. The third-order valence-electron chi connectivity index (χ3n) is 7.71. The van der Waals surface area contributed by atoms with Crippen LogP contribution in [-0.4, -0.2) is 66.9 Å². The summed E-state index contributed by atoms with van der Waals surface area (Å²) in [6.45, 7) is 4.86. The molecule has 1 amide bonds. The summed E-state index contributed by atoms with van der Waals surface area (Å²) in [7, 11) is 2.55. The SMILES string of the molecule is COC(=O)C1=C(C(=O)OC)[C@@H]2N(CC=C(C)C)c3ccccc3[C@@]23CCC(=O)N(CCc2ccccn2)C3=N1. The van der Waals surface area contributed by atoms with Crippen LogP contribution in [0.1, 0.15) is 37.9 Å². The van der Waals surface area contributed by atoms with Crippen LogP contribution in [0.3, 0.4) is 0 Å². The highest BCUT2D eigenvalue weighted by Crippen LogP contribution is 2.55. The Hall–Kier alpha value is -4.27. The Kier molecular flexibility index (Phi) is 7.08. The minimum atomic E-state index is -0.842. The molecule has 0 unspecified atom stereocenters. The van der Waals surface area contributed by atoms with E-state index in [1.807, 2.05) is 56.3 Å². The van der Waals surface area contributed by atoms with Crippen LogP contribution in [-0.2, 0) is 35.7 Å². The lowest BCUT2D eigenvalue weighted by molar-refractivity contribution is -0.140. The number of fused-ring (bicyclic) bond motifs is 1. The van der Waals surface area contributed by atoms with Gasteiger partial charge in [-0.2, -0.15) is 0 Å². The van der Waals surface area contributed by atoms with Gasteiger partial charge in [0.2, 0.25) is 5.91 Å². The topological polar surface area (TPSA) is 101 Å². The number of nitrogens with zero attached hydrogens (tertiary/aromatic N) is 4. The predicted molar refractivity (Wildman–Crippen MR) is 146 cm³/mol. The fraction of sp³-hybridized carbons (Fsp3) is 0.367. The third kappa shape index (κ3) is 4.31. The van der Waals surface area contributed by atoms with Gasteiger partial charge in [-0.05, 0) is 44.0 Å². The number of amidine groups is 1. The van der Waals surface area contributed by atoms with Gasteiger partial charge in [-0.1, -0.05) is 35.9 Å². The number of rotatable bonds is 7. The van der Waals surface area contributed by atoms with Crippen LogP contribution in [0, 0.1) is 0 Å². The van der Waals surface area contributed by atoms with Gasteiger partial charge < -0.3 is 14.4 Å². The van der Waals surface area contributed by atoms with Gasteiger partial charge in [-0.15, -0.1) is 0 Å². The molecule has 0 aliphatic carbocycles. The Balaban J connectivity index is 1.75. The second-order valence-electron chi connectivity index (χ2n) is 10.1. The van der Waals surface area contributed by atoms with Crippen LogP contribution in [0.5, 0.6) is 0 Å². The summed E-state index contributed by atoms with van der Waals surface area (Å²) in [5.41, 5.74) is 3.03. The summed E-state index contributed by atoms with van der Waals surface area (Å²) in [6.07, 6.45) is 5.02. The molecule has 0 N–H and O–H groups in total. The number of hydrogen-bond donors (Lipinski definition) is 0. The first-order chi connectivity index (χ1) is 18.8. The van der Waals surface area contributed by atoms with Crippen molar-refractivity contribution in [3.63, 3.8) is 0 Å². The van der Waals surface area contributed by atoms with Crippen molar-refractivity contribution in [3.05, 3.63) is 82.8 Å². The van der Waals surface area contributed by atoms with E-state index in [1.165, 1.54) is 14.2 Å². The maximum Gasteiger partial charge on any atom is 0.357 e. The lowest BCUT2D eigenvalue weighted by Crippen LogP contribution is -2.63. The number of aliphatic imine (C=N–C) groups is 1. The number of allylic oxidation sites excluding steroid dienone is 1. The summed E-state index contributed by atoms with van der Waals surface area (Å²) in [5, 5.41) is 0. The van der Waals surface area contributed by atoms with Crippen LogP contribution < -0.4 is 4.90 Å². The number of amides is 1. The van der Waals surface area contributed by atoms with Crippen LogP contribution in [0.25, 0.3) is 0 Å². The van der Waals surface area contributed by atoms with E-state index in [4.69, 9.17) is 14.5 Å². The highest BCUT2D eigenvalue weighted by Gasteiger charge is 2.63. The van der Waals surface area contributed by atoms with Crippen LogP contribution in [0.2, 0.25) is 0 Å². The number of likely N-dealkylation sites (tertiary alicyclic amines) is 1. The number of hydrogen-bond acceptors (Lipinski definition) is 8. The van der Waals surface area contributed by atoms with Gasteiger partial charge in [0.1, 0.15) is 5.84 Å². The van der Waals surface area contributed by atoms with Crippen molar-refractivity contribution >= 4 is 29.4 Å². The first kappa shape index (κ1) is 26.3. The zero-order valence-corrected chi connectivity index (χ0v) is 22.6. The molecule has 9 heteroatoms. The number of methoxy groups -OCH3 is 2. The summed E-state index contributed by atoms with van der Waals surface area (Å²) in [4.78, 5) is 53.0. The first-order valence-electron chi connectivity index (χ1n) is 13.0. The van der Waals surface area contributed by atoms with Crippen LogP contribution in [0.15, 0.2) is 76.6 Å². The zero-order chi connectivity index (χ0) is 27.7. The summed E-state index contributed by atoms with van der Waals surface area (Å²) in [5.74, 6) is -1.02. The lowest BCUT2D eigenvalue weighted by Gasteiger charge is -2.48. The molecule has 2 atom stereocenters. The Labute approximate surface area is 227 Å². The molecule has 1 spiro atoms. The van der Waals surface area contributed by atoms with E-state index in [0.717, 1.165) is 22.5 Å². The Morgan fingerprint density at radius 1 is 1.08 bits per heavy atom. The summed E-state index contributed by atoms with van der Waals surface area (Å²) >= 11 is 0. The second-order valence-corrected chi connectivity index (χ2v) is 10.1. The molecule has 0 bridgehead atoms. The number of ether oxygens (including phenoxy) is 2. The maximum atomic E-state index is 13.5. The molecular weight excluding hydrogens is 496 g/mol. The Morgan fingerprint density at radius 2 is 1.82 bits per heavy atom. The van der Waals surface area contributed by atoms with E-state index >= 15 is 0 Å². The number of aromatic nitrogens is 1. The third-order valence-corrected chi connectivity index (χ3v) is 7.71. The number of esters is 2. The first-order valence-corrected chi connectivity index (χ1v) is 13.0. The van der Waals surface area contributed by atoms with Crippen molar-refractivity contribution in [1.82, 2.24) is 9.88 Å². The van der Waals surface area contributed by atoms with Gasteiger partial charge in [-0.3, -0.25) is 14.7 Å². The Morgan fingerprint density at radius 3 is 2.51 bits per heavy atom. The quantitative estimate of drug-likeness (QED) is 0.401. The lowest BCUT2D eigenvalue weighted by atomic mass is 9.65. The average molecular weight is 529 g/mol. The van der Waals surface area contributed by atoms with E-state index < -0.39 is 23.4 Å². The highest BCUT2D eigenvalue weighted by molar-refractivity contribution is 6.15. The predicted octanol–water partition coefficient (Wildman–Crippen LogP) is 3.35. The van der Waals surface area contributed by atoms with Crippen molar-refractivity contribution in [2.45, 2.75) is 44.6 Å². The van der Waals surface area contributed by atoms with Crippen LogP contribution in [0.4, 0.5) is 5.69 Å². The van der Waals surface area contributed by atoms with Gasteiger partial charge in [0.15, 0.2) is 5.70 Å². The van der Waals surface area contributed by atoms with Gasteiger partial charge in [-0.25, -0.2) is 14.6 Å². The standard InChI is InChI=1S/C30H32N4O5/c1-19(2)13-17-33-22-11-6-5-10-21(22)30-15-12-23(35)34(18-14-20-9-7-8-16-31-20)29(30)32-25(28(37)39-4)24(26(30)33)27(36)38-3/h5-11,13,16,26H,12,14-15,17-18H2,1-4H3/t26-,30-/m0/s1. The molecular formula is C30H32N4O5. The molecule has 5 rings (SSSR count). The molecule has 0 saturated carbocycles. The molecule has 1 fully saturated rings. The molecule has 2 aromatic rings. The van der Waals surface area contributed by atoms with Crippen molar-refractivity contribution in [2.24, 2.45) is 4.99 Å². The van der Waals surface area contributed by atoms with Gasteiger partial charge >= 0.3 is 11.9 Å². The smallest absolute Gasteiger partial charge is 0.357 e. The number of carbonyl (C=O) groups is 3. The zero-order valence-electron chi connectivity index (χ0n) is 22.6. The van der Waals surface area contributed by atoms with Crippen molar-refractivity contribution in [1.29, 1.82) is 0 Å². The number of carbonyl (C=O) groups excluding carboxylic acids is 3. The number of para-hydroxylation sites is 1. The molecule has 1 saturated heterocycles. The fourth-order valence-corrected chi connectivity index (χ4v) is 5.99. The van der Waals surface area contributed by atoms with E-state index in [2.05, 4.69) is 16.0 Å². The number of piperidine rings is 1. The van der Waals surface area contributed by atoms with E-state index in [1.54, 1.807) is 11.1 Å². The minimum Gasteiger partial charge on any atom is -0.466 e. The average Bonchev–Trinajstić information content (AvgIpc) is 3.24. The minimum absolute atomic E-state index is 0.0833. The molecule has 4 heterocycles. The molecule has 3 aliphatic rings. The van der Waals surface area contributed by atoms with Crippen molar-refractivity contribution < 1.29 is 23.9 Å². The molecule has 202 valence electrons. The molecule has 1 aromatic heterocycles. The van der Waals surface area contributed by atoms with Crippen molar-refractivity contribution in [3.8, 4) is 0 Å². The molecule has 1 aromatic carbocycles. The summed E-state index contributed by atoms with van der Waals surface area (Å²) < 4.78 is 10.3. The summed E-state index contributed by atoms with van der Waals surface area (Å²) in [6, 6.07) is 13.0. The van der Waals surface area contributed by atoms with E-state index in [-0.39, 0.29) is 23.6 Å². The fourth-order valence-electron chi connectivity index (χ4n) is 5.99. The van der Waals surface area contributed by atoms with Gasteiger partial charge in [0, 0.05) is 43.5 Å². The van der Waals surface area contributed by atoms with Gasteiger partial charge in [0.05, 0.1) is 31.2 Å². The monoisotopic (exact) mass is 528 g/mol. The normalized spacial score (nSPS) is 21.5.